The number of aliphatic carboxylic acids is 1. The Morgan fingerprint density at radius 1 is 1.33 bits per heavy atom. The summed E-state index contributed by atoms with van der Waals surface area (Å²) in [7, 11) is 0. The van der Waals surface area contributed by atoms with Gasteiger partial charge < -0.3 is 5.11 Å². The van der Waals surface area contributed by atoms with Gasteiger partial charge in [0.2, 0.25) is 0 Å². The van der Waals surface area contributed by atoms with Gasteiger partial charge >= 0.3 is 5.97 Å². The van der Waals surface area contributed by atoms with Crippen molar-refractivity contribution in [2.75, 3.05) is 0 Å². The molecule has 0 spiro atoms. The largest absolute Gasteiger partial charge is 0.481 e. The molecule has 0 aliphatic rings. The Morgan fingerprint density at radius 3 is 2.61 bits per heavy atom. The molecule has 0 unspecified atom stereocenters. The molecule has 0 fully saturated rings. The van der Waals surface area contributed by atoms with Crippen molar-refractivity contribution in [1.82, 2.24) is 15.0 Å². The SMILES string of the molecule is Cc1ccccc1-n1cc(C(C)(C)C(=O)O)nn1. The van der Waals surface area contributed by atoms with Crippen LogP contribution in [-0.2, 0) is 10.2 Å². The predicted molar refractivity (Wildman–Crippen MR) is 66.8 cm³/mol. The monoisotopic (exact) mass is 245 g/mol. The maximum absolute atomic E-state index is 11.2. The number of carboxylic acids is 1. The lowest BCUT2D eigenvalue weighted by atomic mass is 9.90. The Morgan fingerprint density at radius 2 is 2.00 bits per heavy atom. The lowest BCUT2D eigenvalue weighted by Gasteiger charge is -2.14. The molecule has 1 heterocycles. The van der Waals surface area contributed by atoms with Crippen LogP contribution in [0.1, 0.15) is 25.1 Å². The minimum absolute atomic E-state index is 0.443. The summed E-state index contributed by atoms with van der Waals surface area (Å²) in [4.78, 5) is 11.2. The first-order valence-corrected chi connectivity index (χ1v) is 5.65. The number of hydrogen-bond acceptors (Lipinski definition) is 3. The molecule has 0 atom stereocenters. The molecular weight excluding hydrogens is 230 g/mol. The van der Waals surface area contributed by atoms with Crippen LogP contribution in [0.2, 0.25) is 0 Å². The van der Waals surface area contributed by atoms with Gasteiger partial charge in [0, 0.05) is 0 Å². The average molecular weight is 245 g/mol. The second kappa shape index (κ2) is 4.25. The summed E-state index contributed by atoms with van der Waals surface area (Å²) in [5.41, 5.74) is 1.36. The smallest absolute Gasteiger partial charge is 0.315 e. The van der Waals surface area contributed by atoms with E-state index in [1.54, 1.807) is 24.7 Å². The van der Waals surface area contributed by atoms with Crippen molar-refractivity contribution in [2.45, 2.75) is 26.2 Å². The quantitative estimate of drug-likeness (QED) is 0.897. The second-order valence-corrected chi connectivity index (χ2v) is 4.76. The molecule has 2 rings (SSSR count). The van der Waals surface area contributed by atoms with Crippen LogP contribution in [0.3, 0.4) is 0 Å². The van der Waals surface area contributed by atoms with Gasteiger partial charge in [0.15, 0.2) is 0 Å². The number of nitrogens with zero attached hydrogens (tertiary/aromatic N) is 3. The molecule has 18 heavy (non-hydrogen) atoms. The van der Waals surface area contributed by atoms with E-state index in [1.807, 2.05) is 31.2 Å². The normalized spacial score (nSPS) is 11.5. The van der Waals surface area contributed by atoms with Gasteiger partial charge in [-0.3, -0.25) is 4.79 Å². The second-order valence-electron chi connectivity index (χ2n) is 4.76. The number of benzene rings is 1. The number of carbonyl (C=O) groups is 1. The van der Waals surface area contributed by atoms with Crippen LogP contribution in [0.4, 0.5) is 0 Å². The molecule has 0 aliphatic carbocycles. The molecule has 0 saturated carbocycles. The summed E-state index contributed by atoms with van der Waals surface area (Å²) in [6.45, 7) is 5.20. The fourth-order valence-corrected chi connectivity index (χ4v) is 1.60. The number of hydrogen-bond donors (Lipinski definition) is 1. The topological polar surface area (TPSA) is 68.0 Å². The number of aromatic nitrogens is 3. The highest BCUT2D eigenvalue weighted by Gasteiger charge is 2.32. The maximum atomic E-state index is 11.2. The summed E-state index contributed by atoms with van der Waals surface area (Å²) in [6.07, 6.45) is 1.66. The van der Waals surface area contributed by atoms with Crippen molar-refractivity contribution >= 4 is 5.97 Å². The number of para-hydroxylation sites is 1. The van der Waals surface area contributed by atoms with Crippen molar-refractivity contribution in [1.29, 1.82) is 0 Å². The molecule has 0 amide bonds. The van der Waals surface area contributed by atoms with Crippen molar-refractivity contribution in [3.8, 4) is 5.69 Å². The van der Waals surface area contributed by atoms with E-state index in [0.717, 1.165) is 11.3 Å². The van der Waals surface area contributed by atoms with Gasteiger partial charge in [-0.25, -0.2) is 4.68 Å². The van der Waals surface area contributed by atoms with E-state index < -0.39 is 11.4 Å². The van der Waals surface area contributed by atoms with Gasteiger partial charge in [0.25, 0.3) is 0 Å². The minimum atomic E-state index is -1.04. The summed E-state index contributed by atoms with van der Waals surface area (Å²) in [5.74, 6) is -0.917. The fraction of sp³-hybridized carbons (Fsp3) is 0.308. The van der Waals surface area contributed by atoms with Gasteiger partial charge in [-0.15, -0.1) is 5.10 Å². The molecule has 94 valence electrons. The number of aryl methyl sites for hydroxylation is 1. The molecule has 0 aliphatic heterocycles. The molecular formula is C13H15N3O2. The van der Waals surface area contributed by atoms with E-state index >= 15 is 0 Å². The maximum Gasteiger partial charge on any atom is 0.315 e. The fourth-order valence-electron chi connectivity index (χ4n) is 1.60. The van der Waals surface area contributed by atoms with Crippen LogP contribution >= 0.6 is 0 Å². The number of carboxylic acid groups (broad SMARTS) is 1. The van der Waals surface area contributed by atoms with Crippen LogP contribution < -0.4 is 0 Å². The lowest BCUT2D eigenvalue weighted by molar-refractivity contribution is -0.142. The zero-order valence-corrected chi connectivity index (χ0v) is 10.6. The molecule has 5 nitrogen and oxygen atoms in total. The van der Waals surface area contributed by atoms with E-state index in [4.69, 9.17) is 5.11 Å². The average Bonchev–Trinajstić information content (AvgIpc) is 2.79. The van der Waals surface area contributed by atoms with E-state index in [1.165, 1.54) is 0 Å². The molecule has 0 saturated heterocycles. The highest BCUT2D eigenvalue weighted by Crippen LogP contribution is 2.22. The molecule has 0 bridgehead atoms. The van der Waals surface area contributed by atoms with Gasteiger partial charge in [-0.05, 0) is 32.4 Å². The van der Waals surface area contributed by atoms with Crippen LogP contribution in [0.5, 0.6) is 0 Å². The number of rotatable bonds is 3. The van der Waals surface area contributed by atoms with Gasteiger partial charge in [-0.2, -0.15) is 0 Å². The van der Waals surface area contributed by atoms with Gasteiger partial charge in [0.1, 0.15) is 5.41 Å². The molecule has 1 aromatic carbocycles. The van der Waals surface area contributed by atoms with Crippen LogP contribution in [0.25, 0.3) is 5.69 Å². The highest BCUT2D eigenvalue weighted by atomic mass is 16.4. The van der Waals surface area contributed by atoms with Crippen molar-refractivity contribution in [2.24, 2.45) is 0 Å². The van der Waals surface area contributed by atoms with Crippen molar-refractivity contribution in [3.63, 3.8) is 0 Å². The highest BCUT2D eigenvalue weighted by molar-refractivity contribution is 5.79. The van der Waals surface area contributed by atoms with Crippen LogP contribution in [-0.4, -0.2) is 26.1 Å². The summed E-state index contributed by atoms with van der Waals surface area (Å²) >= 11 is 0. The van der Waals surface area contributed by atoms with Crippen LogP contribution in [0.15, 0.2) is 30.5 Å². The minimum Gasteiger partial charge on any atom is -0.481 e. The summed E-state index contributed by atoms with van der Waals surface area (Å²) in [6, 6.07) is 7.74. The first kappa shape index (κ1) is 12.3. The van der Waals surface area contributed by atoms with E-state index in [-0.39, 0.29) is 0 Å². The molecule has 1 N–H and O–H groups in total. The predicted octanol–water partition coefficient (Wildman–Crippen LogP) is 1.94. The van der Waals surface area contributed by atoms with Gasteiger partial charge in [0.05, 0.1) is 17.6 Å². The molecule has 1 aromatic heterocycles. The van der Waals surface area contributed by atoms with Crippen molar-refractivity contribution in [3.05, 3.63) is 41.7 Å². The Hall–Kier alpha value is -2.17. The van der Waals surface area contributed by atoms with E-state index in [0.29, 0.717) is 5.69 Å². The molecule has 0 radical (unpaired) electrons. The Bertz CT molecular complexity index is 587. The third kappa shape index (κ3) is 1.99. The Kier molecular flexibility index (Phi) is 2.90. The Labute approximate surface area is 105 Å². The molecule has 5 heteroatoms. The first-order chi connectivity index (χ1) is 8.43. The van der Waals surface area contributed by atoms with Crippen LogP contribution in [0, 0.1) is 6.92 Å². The third-order valence-corrected chi connectivity index (χ3v) is 3.03. The van der Waals surface area contributed by atoms with E-state index in [2.05, 4.69) is 10.3 Å². The standard InChI is InChI=1S/C13H15N3O2/c1-9-6-4-5-7-10(9)16-8-11(14-15-16)13(2,3)12(17)18/h4-8H,1-3H3,(H,17,18). The van der Waals surface area contributed by atoms with Crippen molar-refractivity contribution < 1.29 is 9.90 Å². The summed E-state index contributed by atoms with van der Waals surface area (Å²) in [5, 5.41) is 17.1. The zero-order valence-electron chi connectivity index (χ0n) is 10.6. The third-order valence-electron chi connectivity index (χ3n) is 3.03. The summed E-state index contributed by atoms with van der Waals surface area (Å²) < 4.78 is 1.61. The first-order valence-electron chi connectivity index (χ1n) is 5.65. The Balaban J connectivity index is 2.44. The lowest BCUT2D eigenvalue weighted by Crippen LogP contribution is -2.28. The molecule has 2 aromatic rings. The van der Waals surface area contributed by atoms with Gasteiger partial charge in [-0.1, -0.05) is 23.4 Å². The zero-order chi connectivity index (χ0) is 13.3. The van der Waals surface area contributed by atoms with E-state index in [9.17, 15) is 4.79 Å².